The number of nitrogens with one attached hydrogen (secondary N) is 1. The maximum atomic E-state index is 11.5. The van der Waals surface area contributed by atoms with Crippen LogP contribution in [0.25, 0.3) is 6.08 Å². The van der Waals surface area contributed by atoms with Crippen molar-refractivity contribution in [3.05, 3.63) is 37.6 Å². The fourth-order valence-electron chi connectivity index (χ4n) is 1.17. The summed E-state index contributed by atoms with van der Waals surface area (Å²) in [5.41, 5.74) is -0.673. The monoisotopic (exact) mass is 272 g/mol. The van der Waals surface area contributed by atoms with E-state index in [1.807, 2.05) is 20.8 Å². The van der Waals surface area contributed by atoms with Crippen LogP contribution in [0.1, 0.15) is 26.3 Å². The van der Waals surface area contributed by atoms with E-state index in [9.17, 15) is 9.59 Å². The molecular weight excluding hydrogens is 260 g/mol. The second-order valence-electron chi connectivity index (χ2n) is 4.18. The molecule has 0 saturated heterocycles. The van der Waals surface area contributed by atoms with Crippen molar-refractivity contribution in [3.63, 3.8) is 0 Å². The van der Waals surface area contributed by atoms with E-state index in [2.05, 4.69) is 20.9 Å². The molecule has 1 heterocycles. The van der Waals surface area contributed by atoms with E-state index < -0.39 is 0 Å². The molecule has 0 aromatic carbocycles. The molecule has 1 rings (SSSR count). The van der Waals surface area contributed by atoms with Crippen LogP contribution in [0, 0.1) is 0 Å². The molecule has 1 aromatic heterocycles. The highest BCUT2D eigenvalue weighted by Gasteiger charge is 2.15. The van der Waals surface area contributed by atoms with Gasteiger partial charge in [-0.1, -0.05) is 15.9 Å². The standard InChI is InChI=1S/C10H13BrN2O2/c1-10(2,3)13-6-7(4-5-11)8(14)12-9(13)15/h4-6H,1-3H3,(H,12,14,15)/b5-4+. The lowest BCUT2D eigenvalue weighted by Gasteiger charge is -2.21. The Kier molecular flexibility index (Phi) is 3.34. The normalized spacial score (nSPS) is 12.3. The summed E-state index contributed by atoms with van der Waals surface area (Å²) in [4.78, 5) is 26.7. The number of aromatic nitrogens is 2. The third-order valence-electron chi connectivity index (χ3n) is 1.93. The summed E-state index contributed by atoms with van der Waals surface area (Å²) in [5, 5.41) is 0. The van der Waals surface area contributed by atoms with Crippen molar-refractivity contribution in [1.29, 1.82) is 0 Å². The number of aromatic amines is 1. The number of H-pyrrole nitrogens is 1. The molecule has 0 atom stereocenters. The van der Waals surface area contributed by atoms with Crippen LogP contribution in [0.2, 0.25) is 0 Å². The summed E-state index contributed by atoms with van der Waals surface area (Å²) < 4.78 is 1.50. The molecule has 0 saturated carbocycles. The van der Waals surface area contributed by atoms with E-state index in [0.29, 0.717) is 5.56 Å². The molecule has 0 aliphatic carbocycles. The van der Waals surface area contributed by atoms with E-state index in [4.69, 9.17) is 0 Å². The van der Waals surface area contributed by atoms with E-state index in [-0.39, 0.29) is 16.8 Å². The van der Waals surface area contributed by atoms with Crippen LogP contribution in [0.4, 0.5) is 0 Å². The van der Waals surface area contributed by atoms with Gasteiger partial charge in [-0.2, -0.15) is 0 Å². The number of nitrogens with zero attached hydrogens (tertiary/aromatic N) is 1. The summed E-state index contributed by atoms with van der Waals surface area (Å²) in [7, 11) is 0. The largest absolute Gasteiger partial charge is 0.328 e. The molecule has 0 fully saturated rings. The predicted octanol–water partition coefficient (Wildman–Crippen LogP) is 1.66. The van der Waals surface area contributed by atoms with Crippen LogP contribution in [0.3, 0.4) is 0 Å². The Balaban J connectivity index is 3.50. The van der Waals surface area contributed by atoms with E-state index in [1.54, 1.807) is 17.3 Å². The zero-order chi connectivity index (χ0) is 11.6. The maximum absolute atomic E-state index is 11.5. The predicted molar refractivity (Wildman–Crippen MR) is 64.3 cm³/mol. The Morgan fingerprint density at radius 1 is 1.40 bits per heavy atom. The lowest BCUT2D eigenvalue weighted by Crippen LogP contribution is -2.39. The number of halogens is 1. The minimum atomic E-state index is -0.390. The first-order valence-electron chi connectivity index (χ1n) is 4.49. The van der Waals surface area contributed by atoms with Crippen LogP contribution in [0.5, 0.6) is 0 Å². The molecule has 0 unspecified atom stereocenters. The van der Waals surface area contributed by atoms with Gasteiger partial charge in [-0.15, -0.1) is 0 Å². The number of hydrogen-bond donors (Lipinski definition) is 1. The van der Waals surface area contributed by atoms with Crippen molar-refractivity contribution in [2.45, 2.75) is 26.3 Å². The molecule has 0 amide bonds. The van der Waals surface area contributed by atoms with Gasteiger partial charge in [0.2, 0.25) is 0 Å². The summed E-state index contributed by atoms with van der Waals surface area (Å²) in [6.07, 6.45) is 3.15. The Bertz CT molecular complexity index is 491. The molecule has 15 heavy (non-hydrogen) atoms. The van der Waals surface area contributed by atoms with Crippen LogP contribution >= 0.6 is 15.9 Å². The van der Waals surface area contributed by atoms with Gasteiger partial charge < -0.3 is 0 Å². The molecule has 5 heteroatoms. The third-order valence-corrected chi connectivity index (χ3v) is 2.20. The average Bonchev–Trinajstić information content (AvgIpc) is 2.07. The second kappa shape index (κ2) is 4.18. The van der Waals surface area contributed by atoms with Crippen molar-refractivity contribution < 1.29 is 0 Å². The molecule has 0 aliphatic rings. The van der Waals surface area contributed by atoms with Crippen LogP contribution < -0.4 is 11.2 Å². The van der Waals surface area contributed by atoms with Gasteiger partial charge in [0.15, 0.2) is 0 Å². The van der Waals surface area contributed by atoms with Gasteiger partial charge in [-0.3, -0.25) is 14.3 Å². The van der Waals surface area contributed by atoms with Gasteiger partial charge in [0, 0.05) is 11.7 Å². The van der Waals surface area contributed by atoms with Crippen LogP contribution in [-0.4, -0.2) is 9.55 Å². The third kappa shape index (κ3) is 2.68. The van der Waals surface area contributed by atoms with Crippen LogP contribution in [0.15, 0.2) is 20.8 Å². The quantitative estimate of drug-likeness (QED) is 0.846. The topological polar surface area (TPSA) is 54.9 Å². The fraction of sp³-hybridized carbons (Fsp3) is 0.400. The lowest BCUT2D eigenvalue weighted by molar-refractivity contribution is 0.376. The number of hydrogen-bond acceptors (Lipinski definition) is 2. The highest BCUT2D eigenvalue weighted by Crippen LogP contribution is 2.10. The lowest BCUT2D eigenvalue weighted by atomic mass is 10.1. The highest BCUT2D eigenvalue weighted by atomic mass is 79.9. The molecule has 0 aliphatic heterocycles. The zero-order valence-electron chi connectivity index (χ0n) is 8.87. The molecule has 0 radical (unpaired) electrons. The molecule has 82 valence electrons. The van der Waals surface area contributed by atoms with Crippen molar-refractivity contribution in [1.82, 2.24) is 9.55 Å². The zero-order valence-corrected chi connectivity index (χ0v) is 10.5. The molecule has 4 nitrogen and oxygen atoms in total. The van der Waals surface area contributed by atoms with Gasteiger partial charge in [-0.05, 0) is 31.8 Å². The molecule has 1 N–H and O–H groups in total. The SMILES string of the molecule is CC(C)(C)n1cc(/C=C/Br)c(=O)[nH]c1=O. The Morgan fingerprint density at radius 3 is 2.47 bits per heavy atom. The molecular formula is C10H13BrN2O2. The maximum Gasteiger partial charge on any atom is 0.328 e. The van der Waals surface area contributed by atoms with Gasteiger partial charge in [0.05, 0.1) is 5.56 Å². The first kappa shape index (κ1) is 12.0. The Hall–Kier alpha value is -1.10. The van der Waals surface area contributed by atoms with Crippen molar-refractivity contribution in [2.75, 3.05) is 0 Å². The average molecular weight is 273 g/mol. The fourth-order valence-corrected chi connectivity index (χ4v) is 1.46. The summed E-state index contributed by atoms with van der Waals surface area (Å²) >= 11 is 3.09. The minimum Gasteiger partial charge on any atom is -0.295 e. The van der Waals surface area contributed by atoms with Crippen molar-refractivity contribution in [2.24, 2.45) is 0 Å². The minimum absolute atomic E-state index is 0.351. The Morgan fingerprint density at radius 2 is 2.00 bits per heavy atom. The summed E-state index contributed by atoms with van der Waals surface area (Å²) in [6.45, 7) is 5.69. The molecule has 1 aromatic rings. The van der Waals surface area contributed by atoms with E-state index in [1.165, 1.54) is 4.57 Å². The van der Waals surface area contributed by atoms with E-state index in [0.717, 1.165) is 0 Å². The van der Waals surface area contributed by atoms with Crippen molar-refractivity contribution >= 4 is 22.0 Å². The Labute approximate surface area is 95.8 Å². The van der Waals surface area contributed by atoms with Crippen LogP contribution in [-0.2, 0) is 5.54 Å². The van der Waals surface area contributed by atoms with Gasteiger partial charge >= 0.3 is 5.69 Å². The second-order valence-corrected chi connectivity index (χ2v) is 4.71. The van der Waals surface area contributed by atoms with Gasteiger partial charge in [-0.25, -0.2) is 4.79 Å². The number of rotatable bonds is 1. The summed E-state index contributed by atoms with van der Waals surface area (Å²) in [6, 6.07) is 0. The smallest absolute Gasteiger partial charge is 0.295 e. The molecule has 0 bridgehead atoms. The van der Waals surface area contributed by atoms with Gasteiger partial charge in [0.1, 0.15) is 0 Å². The van der Waals surface area contributed by atoms with Crippen molar-refractivity contribution in [3.8, 4) is 0 Å². The van der Waals surface area contributed by atoms with Gasteiger partial charge in [0.25, 0.3) is 5.56 Å². The first-order chi connectivity index (χ1) is 6.86. The first-order valence-corrected chi connectivity index (χ1v) is 5.41. The highest BCUT2D eigenvalue weighted by molar-refractivity contribution is 9.11. The summed E-state index contributed by atoms with van der Waals surface area (Å²) in [5.74, 6) is 0. The molecule has 0 spiro atoms. The van der Waals surface area contributed by atoms with E-state index >= 15 is 0 Å².